The highest BCUT2D eigenvalue weighted by Crippen LogP contribution is 2.25. The van der Waals surface area contributed by atoms with Gasteiger partial charge in [0, 0.05) is 35.8 Å². The number of anilines is 1. The number of rotatable bonds is 1. The van der Waals surface area contributed by atoms with Crippen molar-refractivity contribution >= 4 is 27.7 Å². The van der Waals surface area contributed by atoms with Crippen molar-refractivity contribution in [2.24, 2.45) is 0 Å². The third-order valence-electron chi connectivity index (χ3n) is 3.20. The van der Waals surface area contributed by atoms with Gasteiger partial charge in [-0.3, -0.25) is 0 Å². The molecule has 1 aromatic heterocycles. The van der Waals surface area contributed by atoms with Crippen LogP contribution in [0.2, 0.25) is 0 Å². The van der Waals surface area contributed by atoms with E-state index >= 15 is 0 Å². The van der Waals surface area contributed by atoms with Crippen molar-refractivity contribution in [1.82, 2.24) is 10.3 Å². The molecule has 4 rings (SSSR count). The molecule has 4 heterocycles. The summed E-state index contributed by atoms with van der Waals surface area (Å²) in [6, 6.07) is 5.52. The van der Waals surface area contributed by atoms with Crippen molar-refractivity contribution in [1.29, 1.82) is 0 Å². The first-order chi connectivity index (χ1) is 9.75. The van der Waals surface area contributed by atoms with Gasteiger partial charge in [0.15, 0.2) is 0 Å². The number of carboxylic acids is 1. The molecule has 3 aliphatic rings. The van der Waals surface area contributed by atoms with Gasteiger partial charge in [0.25, 0.3) is 0 Å². The van der Waals surface area contributed by atoms with Crippen LogP contribution in [0.5, 0.6) is 0 Å². The summed E-state index contributed by atoms with van der Waals surface area (Å²) in [7, 11) is 0. The lowest BCUT2D eigenvalue weighted by Gasteiger charge is -2.48. The summed E-state index contributed by atoms with van der Waals surface area (Å²) in [6.07, 6.45) is -1.88. The number of hydrogen-bond acceptors (Lipinski definition) is 4. The van der Waals surface area contributed by atoms with E-state index in [9.17, 15) is 13.2 Å². The predicted molar refractivity (Wildman–Crippen MR) is 73.2 cm³/mol. The molecule has 3 fully saturated rings. The summed E-state index contributed by atoms with van der Waals surface area (Å²) in [5.41, 5.74) is 0. The summed E-state index contributed by atoms with van der Waals surface area (Å²) in [4.78, 5) is 15.7. The van der Waals surface area contributed by atoms with Crippen molar-refractivity contribution < 1.29 is 23.1 Å². The molecule has 9 heteroatoms. The second-order valence-corrected chi connectivity index (χ2v) is 5.75. The van der Waals surface area contributed by atoms with E-state index in [1.165, 1.54) is 6.42 Å². The monoisotopic (exact) mass is 367 g/mol. The fourth-order valence-corrected chi connectivity index (χ4v) is 2.49. The normalized spacial score (nSPS) is 23.7. The zero-order valence-electron chi connectivity index (χ0n) is 10.8. The van der Waals surface area contributed by atoms with E-state index in [1.807, 2.05) is 6.20 Å². The Morgan fingerprint density at radius 1 is 1.38 bits per heavy atom. The molecule has 0 radical (unpaired) electrons. The van der Waals surface area contributed by atoms with Gasteiger partial charge in [0.05, 0.1) is 0 Å². The van der Waals surface area contributed by atoms with Crippen molar-refractivity contribution in [2.75, 3.05) is 18.0 Å². The minimum absolute atomic E-state index is 0.694. The van der Waals surface area contributed by atoms with E-state index in [-0.39, 0.29) is 0 Å². The van der Waals surface area contributed by atoms with Gasteiger partial charge in [-0.25, -0.2) is 9.78 Å². The summed E-state index contributed by atoms with van der Waals surface area (Å²) in [5.74, 6) is -1.66. The Morgan fingerprint density at radius 2 is 1.90 bits per heavy atom. The van der Waals surface area contributed by atoms with E-state index in [4.69, 9.17) is 9.90 Å². The molecule has 2 bridgehead atoms. The van der Waals surface area contributed by atoms with E-state index < -0.39 is 12.1 Å². The number of piperazine rings is 1. The minimum Gasteiger partial charge on any atom is -0.475 e. The fourth-order valence-electron chi connectivity index (χ4n) is 2.26. The smallest absolute Gasteiger partial charge is 0.475 e. The third-order valence-corrected chi connectivity index (χ3v) is 3.67. The quantitative estimate of drug-likeness (QED) is 0.794. The molecule has 2 atom stereocenters. The molecule has 0 amide bonds. The molecule has 0 saturated carbocycles. The van der Waals surface area contributed by atoms with E-state index in [1.54, 1.807) is 0 Å². The number of aromatic nitrogens is 1. The first-order valence-electron chi connectivity index (χ1n) is 6.18. The molecule has 1 aromatic rings. The Hall–Kier alpha value is -1.35. The van der Waals surface area contributed by atoms with Crippen molar-refractivity contribution in [3.8, 4) is 0 Å². The summed E-state index contributed by atoms with van der Waals surface area (Å²) >= 11 is 3.40. The van der Waals surface area contributed by atoms with Crippen LogP contribution < -0.4 is 10.2 Å². The number of alkyl halides is 3. The number of pyridine rings is 1. The molecule has 0 aromatic carbocycles. The number of nitrogens with zero attached hydrogens (tertiary/aromatic N) is 2. The lowest BCUT2D eigenvalue weighted by Crippen LogP contribution is -2.67. The zero-order chi connectivity index (χ0) is 15.6. The number of fused-ring (bicyclic) bond motifs is 2. The summed E-state index contributed by atoms with van der Waals surface area (Å²) < 4.78 is 32.8. The average Bonchev–Trinajstić information content (AvgIpc) is 2.38. The van der Waals surface area contributed by atoms with Gasteiger partial charge in [-0.2, -0.15) is 13.2 Å². The van der Waals surface area contributed by atoms with Crippen LogP contribution in [-0.2, 0) is 4.79 Å². The Kier molecular flexibility index (Phi) is 4.72. The van der Waals surface area contributed by atoms with Crippen LogP contribution in [0.1, 0.15) is 6.42 Å². The maximum Gasteiger partial charge on any atom is 0.490 e. The van der Waals surface area contributed by atoms with Gasteiger partial charge in [-0.05, 0) is 34.5 Å². The largest absolute Gasteiger partial charge is 0.490 e. The maximum absolute atomic E-state index is 10.6. The Morgan fingerprint density at radius 3 is 2.29 bits per heavy atom. The first kappa shape index (κ1) is 16.0. The van der Waals surface area contributed by atoms with Crippen LogP contribution in [0.3, 0.4) is 0 Å². The molecule has 0 spiro atoms. The standard InChI is InChI=1S/C10H12BrN3.C2HF3O2/c11-7-1-2-10(12-4-7)14-5-8-3-9(6-14)13-8;3-2(4,5)1(6)7/h1-2,4,8-9,13H,3,5-6H2;(H,6,7). The molecule has 116 valence electrons. The predicted octanol–water partition coefficient (Wildman–Crippen LogP) is 2.03. The molecule has 0 aliphatic carbocycles. The zero-order valence-corrected chi connectivity index (χ0v) is 12.4. The number of nitrogens with one attached hydrogen (secondary N) is 1. The molecular formula is C12H13BrF3N3O2. The Labute approximate surface area is 127 Å². The molecular weight excluding hydrogens is 355 g/mol. The number of carbonyl (C=O) groups is 1. The van der Waals surface area contributed by atoms with Crippen molar-refractivity contribution in [3.05, 3.63) is 22.8 Å². The van der Waals surface area contributed by atoms with E-state index in [0.29, 0.717) is 12.1 Å². The van der Waals surface area contributed by atoms with Crippen molar-refractivity contribution in [2.45, 2.75) is 24.7 Å². The number of aliphatic carboxylic acids is 1. The summed E-state index contributed by atoms with van der Waals surface area (Å²) in [5, 5.41) is 10.6. The Bertz CT molecular complexity index is 493. The maximum atomic E-state index is 10.6. The topological polar surface area (TPSA) is 65.5 Å². The van der Waals surface area contributed by atoms with Crippen LogP contribution >= 0.6 is 15.9 Å². The van der Waals surface area contributed by atoms with Crippen LogP contribution in [0.25, 0.3) is 0 Å². The highest BCUT2D eigenvalue weighted by atomic mass is 79.9. The van der Waals surface area contributed by atoms with Gasteiger partial charge in [-0.15, -0.1) is 0 Å². The number of halogens is 4. The summed E-state index contributed by atoms with van der Waals surface area (Å²) in [6.45, 7) is 2.20. The van der Waals surface area contributed by atoms with E-state index in [2.05, 4.69) is 43.3 Å². The lowest BCUT2D eigenvalue weighted by molar-refractivity contribution is -0.192. The van der Waals surface area contributed by atoms with Gasteiger partial charge in [-0.1, -0.05) is 0 Å². The number of hydrogen-bond donors (Lipinski definition) is 2. The molecule has 2 N–H and O–H groups in total. The lowest BCUT2D eigenvalue weighted by atomic mass is 9.91. The van der Waals surface area contributed by atoms with Crippen molar-refractivity contribution in [3.63, 3.8) is 0 Å². The number of piperidine rings is 1. The fraction of sp³-hybridized carbons (Fsp3) is 0.500. The third kappa shape index (κ3) is 4.31. The molecule has 3 saturated heterocycles. The molecule has 21 heavy (non-hydrogen) atoms. The molecule has 2 unspecified atom stereocenters. The molecule has 3 aliphatic heterocycles. The van der Waals surface area contributed by atoms with Crippen LogP contribution in [0.4, 0.5) is 19.0 Å². The van der Waals surface area contributed by atoms with Crippen LogP contribution in [0.15, 0.2) is 22.8 Å². The van der Waals surface area contributed by atoms with Gasteiger partial charge in [0.2, 0.25) is 0 Å². The highest BCUT2D eigenvalue weighted by molar-refractivity contribution is 9.10. The van der Waals surface area contributed by atoms with E-state index in [0.717, 1.165) is 23.4 Å². The molecule has 5 nitrogen and oxygen atoms in total. The van der Waals surface area contributed by atoms with Gasteiger partial charge < -0.3 is 15.3 Å². The van der Waals surface area contributed by atoms with Gasteiger partial charge >= 0.3 is 12.1 Å². The number of carboxylic acid groups (broad SMARTS) is 1. The van der Waals surface area contributed by atoms with Crippen LogP contribution in [0, 0.1) is 0 Å². The van der Waals surface area contributed by atoms with Crippen LogP contribution in [-0.4, -0.2) is 47.4 Å². The second kappa shape index (κ2) is 6.18. The SMILES string of the molecule is Brc1ccc(N2CC3CC(C2)N3)nc1.O=C(O)C(F)(F)F. The highest BCUT2D eigenvalue weighted by Gasteiger charge is 2.38. The Balaban J connectivity index is 0.000000199. The second-order valence-electron chi connectivity index (χ2n) is 4.84. The van der Waals surface area contributed by atoms with Gasteiger partial charge in [0.1, 0.15) is 5.82 Å². The average molecular weight is 368 g/mol. The minimum atomic E-state index is -5.08. The first-order valence-corrected chi connectivity index (χ1v) is 6.97.